The monoisotopic (exact) mass is 260 g/mol. The molecule has 2 nitrogen and oxygen atoms in total. The van der Waals surface area contributed by atoms with Crippen LogP contribution in [0.2, 0.25) is 0 Å². The van der Waals surface area contributed by atoms with E-state index in [4.69, 9.17) is 4.74 Å². The number of ether oxygens (including phenoxy) is 1. The topological polar surface area (TPSA) is 26.3 Å². The number of aryl methyl sites for hydroxylation is 2. The molecule has 0 saturated carbocycles. The van der Waals surface area contributed by atoms with Crippen LogP contribution in [-0.4, -0.2) is 19.0 Å². The number of carbonyl (C=O) groups excluding carboxylic acids is 1. The molecule has 0 aliphatic carbocycles. The highest BCUT2D eigenvalue weighted by molar-refractivity contribution is 5.99. The molecule has 0 spiro atoms. The molecule has 2 unspecified atom stereocenters. The Hall–Kier alpha value is -1.15. The smallest absolute Gasteiger partial charge is 0.166 e. The first-order chi connectivity index (χ1) is 9.17. The first kappa shape index (κ1) is 14.3. The van der Waals surface area contributed by atoms with Crippen molar-refractivity contribution in [3.05, 3.63) is 34.9 Å². The predicted octanol–water partition coefficient (Wildman–Crippen LogP) is 3.67. The van der Waals surface area contributed by atoms with Crippen LogP contribution in [0.15, 0.2) is 18.2 Å². The maximum atomic E-state index is 12.8. The Morgan fingerprint density at radius 2 is 2.11 bits per heavy atom. The van der Waals surface area contributed by atoms with Gasteiger partial charge < -0.3 is 4.74 Å². The molecule has 1 aliphatic rings. The largest absolute Gasteiger partial charge is 0.381 e. The Labute approximate surface area is 116 Å². The highest BCUT2D eigenvalue weighted by Gasteiger charge is 2.30. The highest BCUT2D eigenvalue weighted by atomic mass is 16.5. The summed E-state index contributed by atoms with van der Waals surface area (Å²) in [4.78, 5) is 12.8. The van der Waals surface area contributed by atoms with Crippen LogP contribution in [0.4, 0.5) is 0 Å². The molecule has 2 rings (SSSR count). The van der Waals surface area contributed by atoms with E-state index in [1.54, 1.807) is 0 Å². The van der Waals surface area contributed by atoms with Crippen molar-refractivity contribution in [2.45, 2.75) is 40.0 Å². The van der Waals surface area contributed by atoms with E-state index in [-0.39, 0.29) is 5.92 Å². The van der Waals surface area contributed by atoms with Crippen LogP contribution in [0.1, 0.15) is 48.7 Å². The second-order valence-electron chi connectivity index (χ2n) is 5.51. The fourth-order valence-electron chi connectivity index (χ4n) is 2.85. The van der Waals surface area contributed by atoms with E-state index in [9.17, 15) is 4.79 Å². The summed E-state index contributed by atoms with van der Waals surface area (Å²) in [6.45, 7) is 7.80. The summed E-state index contributed by atoms with van der Waals surface area (Å²) < 4.78 is 5.45. The molecule has 0 amide bonds. The standard InChI is InChI=1S/C17H24O2/c1-4-13-6-7-14(5-2)16(10-13)17(18)15-8-9-19-11-12(15)3/h6-7,10,12,15H,4-5,8-9,11H2,1-3H3. The summed E-state index contributed by atoms with van der Waals surface area (Å²) in [6, 6.07) is 6.36. The minimum absolute atomic E-state index is 0.131. The van der Waals surface area contributed by atoms with E-state index in [1.165, 1.54) is 11.1 Å². The highest BCUT2D eigenvalue weighted by Crippen LogP contribution is 2.27. The van der Waals surface area contributed by atoms with Gasteiger partial charge in [-0.25, -0.2) is 0 Å². The lowest BCUT2D eigenvalue weighted by atomic mass is 9.81. The zero-order chi connectivity index (χ0) is 13.8. The quantitative estimate of drug-likeness (QED) is 0.772. The Bertz CT molecular complexity index is 451. The molecule has 0 bridgehead atoms. The molecular formula is C17H24O2. The molecular weight excluding hydrogens is 236 g/mol. The summed E-state index contributed by atoms with van der Waals surface area (Å²) >= 11 is 0. The van der Waals surface area contributed by atoms with Crippen LogP contribution in [0.3, 0.4) is 0 Å². The van der Waals surface area contributed by atoms with Crippen molar-refractivity contribution in [1.82, 2.24) is 0 Å². The van der Waals surface area contributed by atoms with Gasteiger partial charge in [-0.3, -0.25) is 4.79 Å². The number of hydrogen-bond donors (Lipinski definition) is 0. The van der Waals surface area contributed by atoms with Crippen LogP contribution < -0.4 is 0 Å². The number of carbonyl (C=O) groups is 1. The zero-order valence-corrected chi connectivity index (χ0v) is 12.2. The summed E-state index contributed by atoms with van der Waals surface area (Å²) in [5, 5.41) is 0. The summed E-state index contributed by atoms with van der Waals surface area (Å²) in [5.41, 5.74) is 3.38. The van der Waals surface area contributed by atoms with Crippen molar-refractivity contribution < 1.29 is 9.53 Å². The first-order valence-corrected chi connectivity index (χ1v) is 7.41. The van der Waals surface area contributed by atoms with Crippen molar-refractivity contribution in [2.24, 2.45) is 11.8 Å². The lowest BCUT2D eigenvalue weighted by Crippen LogP contribution is -2.32. The summed E-state index contributed by atoms with van der Waals surface area (Å²) in [7, 11) is 0. The minimum atomic E-state index is 0.131. The van der Waals surface area contributed by atoms with Crippen molar-refractivity contribution in [1.29, 1.82) is 0 Å². The average Bonchev–Trinajstić information content (AvgIpc) is 2.46. The maximum Gasteiger partial charge on any atom is 0.166 e. The maximum absolute atomic E-state index is 12.8. The van der Waals surface area contributed by atoms with Crippen LogP contribution in [0, 0.1) is 11.8 Å². The molecule has 0 aromatic heterocycles. The van der Waals surface area contributed by atoms with E-state index in [0.717, 1.165) is 31.4 Å². The fourth-order valence-corrected chi connectivity index (χ4v) is 2.85. The number of rotatable bonds is 4. The van der Waals surface area contributed by atoms with Crippen molar-refractivity contribution in [3.8, 4) is 0 Å². The molecule has 2 heteroatoms. The third-order valence-electron chi connectivity index (χ3n) is 4.21. The van der Waals surface area contributed by atoms with Gasteiger partial charge in [0, 0.05) is 24.7 Å². The molecule has 0 N–H and O–H groups in total. The van der Waals surface area contributed by atoms with Gasteiger partial charge in [0.1, 0.15) is 0 Å². The Morgan fingerprint density at radius 1 is 1.32 bits per heavy atom. The molecule has 1 heterocycles. The first-order valence-electron chi connectivity index (χ1n) is 7.41. The molecule has 1 saturated heterocycles. The SMILES string of the molecule is CCc1ccc(CC)c(C(=O)C2CCOCC2C)c1. The number of hydrogen-bond acceptors (Lipinski definition) is 2. The van der Waals surface area contributed by atoms with Crippen LogP contribution in [0.5, 0.6) is 0 Å². The molecule has 0 radical (unpaired) electrons. The van der Waals surface area contributed by atoms with Crippen molar-refractivity contribution in [2.75, 3.05) is 13.2 Å². The normalized spacial score (nSPS) is 23.3. The van der Waals surface area contributed by atoms with Gasteiger partial charge in [-0.05, 0) is 42.4 Å². The van der Waals surface area contributed by atoms with E-state index < -0.39 is 0 Å². The zero-order valence-electron chi connectivity index (χ0n) is 12.2. The fraction of sp³-hybridized carbons (Fsp3) is 0.588. The lowest BCUT2D eigenvalue weighted by Gasteiger charge is -2.28. The van der Waals surface area contributed by atoms with E-state index >= 15 is 0 Å². The molecule has 1 aromatic carbocycles. The number of ketones is 1. The van der Waals surface area contributed by atoms with E-state index in [0.29, 0.717) is 18.3 Å². The molecule has 1 aliphatic heterocycles. The molecule has 19 heavy (non-hydrogen) atoms. The van der Waals surface area contributed by atoms with Crippen molar-refractivity contribution >= 4 is 5.78 Å². The molecule has 1 aromatic rings. The Balaban J connectivity index is 2.30. The van der Waals surface area contributed by atoms with Crippen molar-refractivity contribution in [3.63, 3.8) is 0 Å². The number of Topliss-reactive ketones (excluding diaryl/α,β-unsaturated/α-hetero) is 1. The van der Waals surface area contributed by atoms with E-state index in [1.807, 2.05) is 0 Å². The van der Waals surface area contributed by atoms with Gasteiger partial charge >= 0.3 is 0 Å². The molecule has 2 atom stereocenters. The molecule has 104 valence electrons. The van der Waals surface area contributed by atoms with Gasteiger partial charge in [0.05, 0.1) is 0 Å². The molecule has 1 fully saturated rings. The van der Waals surface area contributed by atoms with Gasteiger partial charge in [0.2, 0.25) is 0 Å². The van der Waals surface area contributed by atoms with Crippen LogP contribution in [-0.2, 0) is 17.6 Å². The Morgan fingerprint density at radius 3 is 2.74 bits per heavy atom. The van der Waals surface area contributed by atoms with Crippen LogP contribution in [0.25, 0.3) is 0 Å². The second kappa shape index (κ2) is 6.33. The minimum Gasteiger partial charge on any atom is -0.381 e. The lowest BCUT2D eigenvalue weighted by molar-refractivity contribution is 0.0240. The van der Waals surface area contributed by atoms with E-state index in [2.05, 4.69) is 39.0 Å². The summed E-state index contributed by atoms with van der Waals surface area (Å²) in [5.74, 6) is 0.783. The number of benzene rings is 1. The predicted molar refractivity (Wildman–Crippen MR) is 77.6 cm³/mol. The Kier molecular flexibility index (Phi) is 4.76. The van der Waals surface area contributed by atoms with Gasteiger partial charge in [-0.2, -0.15) is 0 Å². The van der Waals surface area contributed by atoms with Gasteiger partial charge in [0.25, 0.3) is 0 Å². The average molecular weight is 260 g/mol. The van der Waals surface area contributed by atoms with Gasteiger partial charge in [0.15, 0.2) is 5.78 Å². The van der Waals surface area contributed by atoms with Crippen LogP contribution >= 0.6 is 0 Å². The second-order valence-corrected chi connectivity index (χ2v) is 5.51. The third-order valence-corrected chi connectivity index (χ3v) is 4.21. The summed E-state index contributed by atoms with van der Waals surface area (Å²) in [6.07, 6.45) is 2.76. The third kappa shape index (κ3) is 3.06. The van der Waals surface area contributed by atoms with Gasteiger partial charge in [-0.15, -0.1) is 0 Å². The van der Waals surface area contributed by atoms with Gasteiger partial charge in [-0.1, -0.05) is 32.9 Å².